The molecule has 0 aliphatic carbocycles. The number of amides is 1. The zero-order valence-electron chi connectivity index (χ0n) is 9.91. The first-order chi connectivity index (χ1) is 6.88. The van der Waals surface area contributed by atoms with Gasteiger partial charge in [-0.3, -0.25) is 9.59 Å². The SMILES string of the molecule is CC(C)C[C@@H](N)C(=O)N[C@@H]([C]=O)C(C)C. The minimum absolute atomic E-state index is 0.0395. The van der Waals surface area contributed by atoms with Crippen LogP contribution in [0.1, 0.15) is 34.1 Å². The molecule has 0 bridgehead atoms. The van der Waals surface area contributed by atoms with E-state index in [4.69, 9.17) is 5.73 Å². The molecule has 87 valence electrons. The maximum Gasteiger partial charge on any atom is 0.237 e. The summed E-state index contributed by atoms with van der Waals surface area (Å²) in [6, 6.07) is -1.10. The van der Waals surface area contributed by atoms with Crippen molar-refractivity contribution in [3.05, 3.63) is 0 Å². The molecule has 0 saturated heterocycles. The fraction of sp³-hybridized carbons (Fsp3) is 0.818. The molecule has 3 N–H and O–H groups in total. The Morgan fingerprint density at radius 1 is 1.33 bits per heavy atom. The van der Waals surface area contributed by atoms with Gasteiger partial charge in [-0.25, -0.2) is 0 Å². The maximum atomic E-state index is 11.5. The Morgan fingerprint density at radius 3 is 2.20 bits per heavy atom. The van der Waals surface area contributed by atoms with Crippen LogP contribution in [-0.2, 0) is 9.59 Å². The third-order valence-electron chi connectivity index (χ3n) is 2.15. The van der Waals surface area contributed by atoms with E-state index in [-0.39, 0.29) is 11.8 Å². The van der Waals surface area contributed by atoms with Crippen LogP contribution in [0.4, 0.5) is 0 Å². The van der Waals surface area contributed by atoms with Gasteiger partial charge in [-0.1, -0.05) is 27.7 Å². The molecule has 0 rings (SSSR count). The quantitative estimate of drug-likeness (QED) is 0.679. The number of carbonyl (C=O) groups is 1. The summed E-state index contributed by atoms with van der Waals surface area (Å²) in [7, 11) is 0. The summed E-state index contributed by atoms with van der Waals surface area (Å²) >= 11 is 0. The smallest absolute Gasteiger partial charge is 0.237 e. The maximum absolute atomic E-state index is 11.5. The van der Waals surface area contributed by atoms with Gasteiger partial charge in [0.1, 0.15) is 0 Å². The first-order valence-corrected chi connectivity index (χ1v) is 5.32. The van der Waals surface area contributed by atoms with E-state index in [0.29, 0.717) is 12.3 Å². The molecule has 0 saturated carbocycles. The summed E-state index contributed by atoms with van der Waals surface area (Å²) in [5.74, 6) is 0.131. The Labute approximate surface area is 91.6 Å². The molecule has 4 nitrogen and oxygen atoms in total. The lowest BCUT2D eigenvalue weighted by Crippen LogP contribution is -2.48. The van der Waals surface area contributed by atoms with Crippen LogP contribution in [0.2, 0.25) is 0 Å². The monoisotopic (exact) mass is 213 g/mol. The van der Waals surface area contributed by atoms with E-state index in [0.717, 1.165) is 0 Å². The van der Waals surface area contributed by atoms with E-state index in [1.54, 1.807) is 6.29 Å². The predicted molar refractivity (Wildman–Crippen MR) is 59.9 cm³/mol. The van der Waals surface area contributed by atoms with Gasteiger partial charge < -0.3 is 11.1 Å². The molecule has 0 aromatic carbocycles. The van der Waals surface area contributed by atoms with Crippen molar-refractivity contribution in [1.29, 1.82) is 0 Å². The van der Waals surface area contributed by atoms with Crippen LogP contribution >= 0.6 is 0 Å². The molecular weight excluding hydrogens is 192 g/mol. The highest BCUT2D eigenvalue weighted by Crippen LogP contribution is 2.04. The number of nitrogens with one attached hydrogen (secondary N) is 1. The van der Waals surface area contributed by atoms with Gasteiger partial charge >= 0.3 is 0 Å². The standard InChI is InChI=1S/C11H21N2O2/c1-7(2)5-9(12)11(15)13-10(6-14)8(3)4/h7-10H,5,12H2,1-4H3,(H,13,15)/t9-,10+/m1/s1. The molecule has 1 amide bonds. The van der Waals surface area contributed by atoms with E-state index >= 15 is 0 Å². The highest BCUT2D eigenvalue weighted by atomic mass is 16.2. The average Bonchev–Trinajstić information content (AvgIpc) is 2.11. The van der Waals surface area contributed by atoms with Crippen LogP contribution in [0.15, 0.2) is 0 Å². The largest absolute Gasteiger partial charge is 0.344 e. The lowest BCUT2D eigenvalue weighted by molar-refractivity contribution is -0.123. The lowest BCUT2D eigenvalue weighted by atomic mass is 10.0. The van der Waals surface area contributed by atoms with E-state index in [2.05, 4.69) is 5.32 Å². The second-order valence-electron chi connectivity index (χ2n) is 4.58. The molecule has 15 heavy (non-hydrogen) atoms. The number of nitrogens with two attached hydrogens (primary N) is 1. The highest BCUT2D eigenvalue weighted by molar-refractivity contribution is 5.84. The molecule has 0 unspecified atom stereocenters. The lowest BCUT2D eigenvalue weighted by Gasteiger charge is -2.19. The minimum atomic E-state index is -0.560. The molecule has 0 heterocycles. The molecule has 0 fully saturated rings. The first-order valence-electron chi connectivity index (χ1n) is 5.32. The normalized spacial score (nSPS) is 15.1. The zero-order chi connectivity index (χ0) is 12.0. The third kappa shape index (κ3) is 5.52. The van der Waals surface area contributed by atoms with Crippen molar-refractivity contribution in [3.63, 3.8) is 0 Å². The molecule has 0 aliphatic heterocycles. The second-order valence-corrected chi connectivity index (χ2v) is 4.58. The topological polar surface area (TPSA) is 72.2 Å². The predicted octanol–water partition coefficient (Wildman–Crippen LogP) is 0.610. The van der Waals surface area contributed by atoms with Crippen LogP contribution in [-0.4, -0.2) is 24.3 Å². The molecule has 1 radical (unpaired) electrons. The van der Waals surface area contributed by atoms with Gasteiger partial charge in [-0.15, -0.1) is 0 Å². The van der Waals surface area contributed by atoms with Crippen molar-refractivity contribution < 1.29 is 9.59 Å². The summed E-state index contributed by atoms with van der Waals surface area (Å²) in [6.07, 6.45) is 2.42. The molecular formula is C11H21N2O2. The molecule has 0 spiro atoms. The van der Waals surface area contributed by atoms with Crippen LogP contribution in [0.25, 0.3) is 0 Å². The van der Waals surface area contributed by atoms with Gasteiger partial charge in [0.05, 0.1) is 12.1 Å². The Balaban J connectivity index is 4.16. The Bertz CT molecular complexity index is 215. The van der Waals surface area contributed by atoms with Crippen LogP contribution < -0.4 is 11.1 Å². The number of rotatable bonds is 6. The summed E-state index contributed by atoms with van der Waals surface area (Å²) in [5.41, 5.74) is 5.68. The van der Waals surface area contributed by atoms with Crippen LogP contribution in [0.3, 0.4) is 0 Å². The Hall–Kier alpha value is -0.900. The van der Waals surface area contributed by atoms with Gasteiger partial charge in [0.15, 0.2) is 0 Å². The van der Waals surface area contributed by atoms with Gasteiger partial charge in [0.2, 0.25) is 12.2 Å². The van der Waals surface area contributed by atoms with Gasteiger partial charge in [0, 0.05) is 0 Å². The minimum Gasteiger partial charge on any atom is -0.344 e. The number of hydrogen-bond acceptors (Lipinski definition) is 3. The van der Waals surface area contributed by atoms with Gasteiger partial charge in [-0.05, 0) is 18.3 Å². The molecule has 4 heteroatoms. The van der Waals surface area contributed by atoms with Crippen molar-refractivity contribution in [2.24, 2.45) is 17.6 Å². The van der Waals surface area contributed by atoms with Gasteiger partial charge in [-0.2, -0.15) is 0 Å². The van der Waals surface area contributed by atoms with Crippen molar-refractivity contribution in [2.45, 2.75) is 46.2 Å². The van der Waals surface area contributed by atoms with E-state index < -0.39 is 12.1 Å². The highest BCUT2D eigenvalue weighted by Gasteiger charge is 2.20. The van der Waals surface area contributed by atoms with E-state index in [1.807, 2.05) is 27.7 Å². The first kappa shape index (κ1) is 14.1. The second kappa shape index (κ2) is 6.56. The summed E-state index contributed by atoms with van der Waals surface area (Å²) in [5, 5.41) is 2.58. The van der Waals surface area contributed by atoms with Crippen LogP contribution in [0.5, 0.6) is 0 Å². The molecule has 0 aliphatic rings. The molecule has 0 aromatic heterocycles. The van der Waals surface area contributed by atoms with Crippen molar-refractivity contribution in [2.75, 3.05) is 0 Å². The van der Waals surface area contributed by atoms with Crippen molar-refractivity contribution in [1.82, 2.24) is 5.32 Å². The molecule has 2 atom stereocenters. The van der Waals surface area contributed by atoms with Crippen molar-refractivity contribution >= 4 is 12.2 Å². The fourth-order valence-corrected chi connectivity index (χ4v) is 1.21. The van der Waals surface area contributed by atoms with Crippen LogP contribution in [0, 0.1) is 11.8 Å². The zero-order valence-corrected chi connectivity index (χ0v) is 9.91. The number of hydrogen-bond donors (Lipinski definition) is 2. The summed E-state index contributed by atoms with van der Waals surface area (Å²) < 4.78 is 0. The molecule has 0 aromatic rings. The fourth-order valence-electron chi connectivity index (χ4n) is 1.21. The average molecular weight is 213 g/mol. The third-order valence-corrected chi connectivity index (χ3v) is 2.15. The van der Waals surface area contributed by atoms with Crippen molar-refractivity contribution in [3.8, 4) is 0 Å². The Morgan fingerprint density at radius 2 is 1.87 bits per heavy atom. The number of carbonyl (C=O) groups excluding carboxylic acids is 2. The Kier molecular flexibility index (Phi) is 6.17. The summed E-state index contributed by atoms with van der Waals surface area (Å²) in [4.78, 5) is 22.1. The van der Waals surface area contributed by atoms with E-state index in [9.17, 15) is 9.59 Å². The summed E-state index contributed by atoms with van der Waals surface area (Å²) in [6.45, 7) is 7.70. The van der Waals surface area contributed by atoms with Gasteiger partial charge in [0.25, 0.3) is 0 Å². The van der Waals surface area contributed by atoms with E-state index in [1.165, 1.54) is 0 Å².